The lowest BCUT2D eigenvalue weighted by atomic mass is 10.1. The largest absolute Gasteiger partial charge is 0.399 e. The van der Waals surface area contributed by atoms with Crippen molar-refractivity contribution in [2.75, 3.05) is 30.7 Å². The molecule has 1 aliphatic heterocycles. The highest BCUT2D eigenvalue weighted by atomic mass is 16.5. The topological polar surface area (TPSA) is 67.6 Å². The first-order valence-corrected chi connectivity index (χ1v) is 7.48. The standard InChI is InChI=1S/C16H25N3O2/c1-11-4-5-14(17)8-15(11)18-16(20)6-7-19-9-12(2)21-13(3)10-19/h4-5,8,12-13H,6-7,9-10,17H2,1-3H3,(H,18,20)/t12-,13+. The van der Waals surface area contributed by atoms with E-state index in [2.05, 4.69) is 24.1 Å². The third-order valence-electron chi connectivity index (χ3n) is 3.69. The van der Waals surface area contributed by atoms with Crippen LogP contribution in [0.2, 0.25) is 0 Å². The molecule has 3 N–H and O–H groups in total. The number of anilines is 2. The number of morpholine rings is 1. The number of benzene rings is 1. The summed E-state index contributed by atoms with van der Waals surface area (Å²) in [5.41, 5.74) is 8.22. The van der Waals surface area contributed by atoms with E-state index in [9.17, 15) is 4.79 Å². The maximum absolute atomic E-state index is 12.1. The van der Waals surface area contributed by atoms with E-state index >= 15 is 0 Å². The molecule has 1 aliphatic rings. The lowest BCUT2D eigenvalue weighted by molar-refractivity contribution is -0.117. The van der Waals surface area contributed by atoms with E-state index in [4.69, 9.17) is 10.5 Å². The van der Waals surface area contributed by atoms with Crippen LogP contribution in [0.4, 0.5) is 11.4 Å². The van der Waals surface area contributed by atoms with Crippen molar-refractivity contribution >= 4 is 17.3 Å². The van der Waals surface area contributed by atoms with Crippen molar-refractivity contribution < 1.29 is 9.53 Å². The van der Waals surface area contributed by atoms with Gasteiger partial charge in [0.15, 0.2) is 0 Å². The van der Waals surface area contributed by atoms with E-state index < -0.39 is 0 Å². The number of carbonyl (C=O) groups is 1. The monoisotopic (exact) mass is 291 g/mol. The van der Waals surface area contributed by atoms with Gasteiger partial charge >= 0.3 is 0 Å². The van der Waals surface area contributed by atoms with Gasteiger partial charge in [0.2, 0.25) is 5.91 Å². The maximum Gasteiger partial charge on any atom is 0.225 e. The number of nitrogens with two attached hydrogens (primary N) is 1. The van der Waals surface area contributed by atoms with Crippen molar-refractivity contribution in [2.45, 2.75) is 39.4 Å². The lowest BCUT2D eigenvalue weighted by Crippen LogP contribution is -2.46. The molecule has 0 radical (unpaired) electrons. The van der Waals surface area contributed by atoms with Crippen LogP contribution >= 0.6 is 0 Å². The fourth-order valence-electron chi connectivity index (χ4n) is 2.71. The van der Waals surface area contributed by atoms with Gasteiger partial charge in [-0.05, 0) is 38.5 Å². The third-order valence-corrected chi connectivity index (χ3v) is 3.69. The van der Waals surface area contributed by atoms with Gasteiger partial charge < -0.3 is 15.8 Å². The van der Waals surface area contributed by atoms with Crippen LogP contribution in [0.3, 0.4) is 0 Å². The second-order valence-corrected chi connectivity index (χ2v) is 5.89. The van der Waals surface area contributed by atoms with Crippen LogP contribution in [0.15, 0.2) is 18.2 Å². The summed E-state index contributed by atoms with van der Waals surface area (Å²) >= 11 is 0. The molecule has 1 aromatic carbocycles. The zero-order chi connectivity index (χ0) is 15.4. The van der Waals surface area contributed by atoms with Crippen molar-refractivity contribution in [2.24, 2.45) is 0 Å². The molecule has 116 valence electrons. The number of aryl methyl sites for hydroxylation is 1. The highest BCUT2D eigenvalue weighted by molar-refractivity contribution is 5.92. The van der Waals surface area contributed by atoms with Crippen molar-refractivity contribution in [3.8, 4) is 0 Å². The highest BCUT2D eigenvalue weighted by Crippen LogP contribution is 2.18. The van der Waals surface area contributed by atoms with E-state index in [0.29, 0.717) is 12.1 Å². The van der Waals surface area contributed by atoms with Crippen LogP contribution in [-0.2, 0) is 9.53 Å². The van der Waals surface area contributed by atoms with E-state index in [1.807, 2.05) is 19.1 Å². The predicted octanol–water partition coefficient (Wildman–Crippen LogP) is 2.02. The highest BCUT2D eigenvalue weighted by Gasteiger charge is 2.22. The summed E-state index contributed by atoms with van der Waals surface area (Å²) in [7, 11) is 0. The molecular weight excluding hydrogens is 266 g/mol. The first kappa shape index (κ1) is 15.8. The van der Waals surface area contributed by atoms with Crippen molar-refractivity contribution in [3.05, 3.63) is 23.8 Å². The first-order valence-electron chi connectivity index (χ1n) is 7.48. The molecule has 0 unspecified atom stereocenters. The van der Waals surface area contributed by atoms with Gasteiger partial charge in [0.25, 0.3) is 0 Å². The molecule has 0 aliphatic carbocycles. The number of ether oxygens (including phenoxy) is 1. The molecule has 1 amide bonds. The average molecular weight is 291 g/mol. The summed E-state index contributed by atoms with van der Waals surface area (Å²) in [6.45, 7) is 8.62. The molecule has 0 spiro atoms. The molecule has 2 rings (SSSR count). The molecule has 1 fully saturated rings. The Kier molecular flexibility index (Phi) is 5.20. The van der Waals surface area contributed by atoms with E-state index in [1.165, 1.54) is 0 Å². The Morgan fingerprint density at radius 3 is 2.71 bits per heavy atom. The van der Waals surface area contributed by atoms with E-state index in [1.54, 1.807) is 6.07 Å². The number of rotatable bonds is 4. The Hall–Kier alpha value is -1.59. The van der Waals surface area contributed by atoms with Crippen LogP contribution in [0.1, 0.15) is 25.8 Å². The molecule has 21 heavy (non-hydrogen) atoms. The minimum absolute atomic E-state index is 0.0236. The summed E-state index contributed by atoms with van der Waals surface area (Å²) in [5.74, 6) is 0.0236. The Balaban J connectivity index is 1.83. The van der Waals surface area contributed by atoms with Gasteiger partial charge in [0.05, 0.1) is 12.2 Å². The minimum atomic E-state index is 0.0236. The molecule has 5 nitrogen and oxygen atoms in total. The van der Waals surface area contributed by atoms with E-state index in [-0.39, 0.29) is 18.1 Å². The Bertz CT molecular complexity index is 494. The van der Waals surface area contributed by atoms with Gasteiger partial charge in [-0.25, -0.2) is 0 Å². The van der Waals surface area contributed by atoms with Crippen molar-refractivity contribution in [1.82, 2.24) is 4.90 Å². The summed E-state index contributed by atoms with van der Waals surface area (Å²) in [5, 5.41) is 2.94. The molecular formula is C16H25N3O2. The van der Waals surface area contributed by atoms with Gasteiger partial charge in [-0.2, -0.15) is 0 Å². The fourth-order valence-corrected chi connectivity index (χ4v) is 2.71. The SMILES string of the molecule is Cc1ccc(N)cc1NC(=O)CCN1C[C@@H](C)O[C@@H](C)C1. The molecule has 0 aromatic heterocycles. The maximum atomic E-state index is 12.1. The Morgan fingerprint density at radius 2 is 2.05 bits per heavy atom. The quantitative estimate of drug-likeness (QED) is 0.833. The number of hydrogen-bond acceptors (Lipinski definition) is 4. The number of nitrogens with zero attached hydrogens (tertiary/aromatic N) is 1. The Morgan fingerprint density at radius 1 is 1.38 bits per heavy atom. The number of amides is 1. The molecule has 1 saturated heterocycles. The van der Waals surface area contributed by atoms with Gasteiger partial charge in [-0.1, -0.05) is 6.07 Å². The van der Waals surface area contributed by atoms with Gasteiger partial charge in [0, 0.05) is 37.4 Å². The zero-order valence-corrected chi connectivity index (χ0v) is 13.1. The van der Waals surface area contributed by atoms with Crippen LogP contribution < -0.4 is 11.1 Å². The second kappa shape index (κ2) is 6.91. The van der Waals surface area contributed by atoms with Crippen LogP contribution in [-0.4, -0.2) is 42.6 Å². The van der Waals surface area contributed by atoms with Crippen LogP contribution in [0, 0.1) is 6.92 Å². The summed E-state index contributed by atoms with van der Waals surface area (Å²) in [6.07, 6.45) is 0.939. The van der Waals surface area contributed by atoms with Gasteiger partial charge in [-0.15, -0.1) is 0 Å². The van der Waals surface area contributed by atoms with Crippen LogP contribution in [0.5, 0.6) is 0 Å². The molecule has 0 saturated carbocycles. The molecule has 1 heterocycles. The van der Waals surface area contributed by atoms with Crippen LogP contribution in [0.25, 0.3) is 0 Å². The van der Waals surface area contributed by atoms with Crippen molar-refractivity contribution in [3.63, 3.8) is 0 Å². The summed E-state index contributed by atoms with van der Waals surface area (Å²) < 4.78 is 5.69. The Labute approximate surface area is 126 Å². The van der Waals surface area contributed by atoms with Gasteiger partial charge in [-0.3, -0.25) is 9.69 Å². The number of nitrogen functional groups attached to an aromatic ring is 1. The van der Waals surface area contributed by atoms with E-state index in [0.717, 1.165) is 30.9 Å². The number of hydrogen-bond donors (Lipinski definition) is 2. The number of nitrogens with one attached hydrogen (secondary N) is 1. The third kappa shape index (κ3) is 4.72. The average Bonchev–Trinajstić information content (AvgIpc) is 2.40. The first-order chi connectivity index (χ1) is 9.94. The smallest absolute Gasteiger partial charge is 0.225 e. The summed E-state index contributed by atoms with van der Waals surface area (Å²) in [4.78, 5) is 14.4. The summed E-state index contributed by atoms with van der Waals surface area (Å²) in [6, 6.07) is 5.55. The zero-order valence-electron chi connectivity index (χ0n) is 13.1. The number of carbonyl (C=O) groups excluding carboxylic acids is 1. The fraction of sp³-hybridized carbons (Fsp3) is 0.562. The molecule has 2 atom stereocenters. The molecule has 5 heteroatoms. The lowest BCUT2D eigenvalue weighted by Gasteiger charge is -2.35. The molecule has 1 aromatic rings. The minimum Gasteiger partial charge on any atom is -0.399 e. The van der Waals surface area contributed by atoms with Crippen molar-refractivity contribution in [1.29, 1.82) is 0 Å². The normalized spacial score (nSPS) is 23.0. The predicted molar refractivity (Wildman–Crippen MR) is 85.3 cm³/mol. The van der Waals surface area contributed by atoms with Gasteiger partial charge in [0.1, 0.15) is 0 Å². The second-order valence-electron chi connectivity index (χ2n) is 5.89. The molecule has 0 bridgehead atoms.